The number of benzene rings is 1. The van der Waals surface area contributed by atoms with Crippen molar-refractivity contribution in [2.75, 3.05) is 6.61 Å². The van der Waals surface area contributed by atoms with Gasteiger partial charge in [-0.2, -0.15) is 0 Å². The number of para-hydroxylation sites is 1. The Morgan fingerprint density at radius 2 is 1.58 bits per heavy atom. The van der Waals surface area contributed by atoms with Crippen molar-refractivity contribution in [2.24, 2.45) is 0 Å². The van der Waals surface area contributed by atoms with Gasteiger partial charge in [0.1, 0.15) is 12.4 Å². The van der Waals surface area contributed by atoms with Gasteiger partial charge in [0, 0.05) is 10.4 Å². The zero-order valence-electron chi connectivity index (χ0n) is 11.4. The molecule has 0 spiro atoms. The largest absolute Gasteiger partial charge is 1.00 e. The maximum absolute atomic E-state index is 8.52. The summed E-state index contributed by atoms with van der Waals surface area (Å²) in [6.45, 7) is 2.77. The third-order valence-electron chi connectivity index (χ3n) is 1.49. The summed E-state index contributed by atoms with van der Waals surface area (Å²) in [4.78, 5) is 0. The van der Waals surface area contributed by atoms with Gasteiger partial charge in [-0.05, 0) is 18.6 Å². The van der Waals surface area contributed by atoms with E-state index in [-0.39, 0.29) is 59.1 Å². The van der Waals surface area contributed by atoms with E-state index < -0.39 is 10.4 Å². The molecule has 0 aliphatic heterocycles. The minimum absolute atomic E-state index is 0. The van der Waals surface area contributed by atoms with Crippen LogP contribution in [0.4, 0.5) is 0 Å². The van der Waals surface area contributed by atoms with E-state index in [1.54, 1.807) is 0 Å². The first-order valence-electron chi connectivity index (χ1n) is 4.93. The van der Waals surface area contributed by atoms with Crippen LogP contribution >= 0.6 is 0 Å². The minimum atomic E-state index is -5.17. The molecule has 0 heterocycles. The quantitative estimate of drug-likeness (QED) is 0.243. The van der Waals surface area contributed by atoms with Crippen molar-refractivity contribution in [1.82, 2.24) is 0 Å². The van der Waals surface area contributed by atoms with E-state index in [2.05, 4.69) is 13.0 Å². The van der Waals surface area contributed by atoms with E-state index >= 15 is 0 Å². The van der Waals surface area contributed by atoms with Gasteiger partial charge in [-0.1, -0.05) is 37.3 Å². The summed E-state index contributed by atoms with van der Waals surface area (Å²) >= 11 is 0. The average molecular weight is 304 g/mol. The number of hydrogen-bond acceptors (Lipinski definition) is 5. The summed E-state index contributed by atoms with van der Waals surface area (Å²) in [6, 6.07) is 9.84. The zero-order chi connectivity index (χ0) is 13.1. The number of ether oxygens (including phenoxy) is 1. The summed E-state index contributed by atoms with van der Waals surface area (Å²) in [5, 5.41) is 0. The molecule has 8 heteroatoms. The standard InChI is InChI=1S/C11H14O.2Na.H2O4S/c1-2-3-7-10-12-11-8-5-4-6-9-11;;;1-5(2,3)4/h3-9H,2,10H2,1H3;;;(H2,1,2,3,4)/q;2*+1;/p-2. The predicted octanol–water partition coefficient (Wildman–Crippen LogP) is -4.30. The Hall–Kier alpha value is 0.630. The van der Waals surface area contributed by atoms with E-state index in [1.807, 2.05) is 36.4 Å². The first-order chi connectivity index (χ1) is 7.93. The van der Waals surface area contributed by atoms with E-state index in [0.717, 1.165) is 12.2 Å². The number of allylic oxidation sites excluding steroid dienone is 1. The van der Waals surface area contributed by atoms with Gasteiger partial charge >= 0.3 is 59.1 Å². The Bertz CT molecular complexity index is 412. The number of rotatable bonds is 4. The maximum Gasteiger partial charge on any atom is 1.00 e. The monoisotopic (exact) mass is 304 g/mol. The molecule has 0 unspecified atom stereocenters. The maximum atomic E-state index is 8.52. The van der Waals surface area contributed by atoms with Crippen LogP contribution in [0.3, 0.4) is 0 Å². The van der Waals surface area contributed by atoms with Crippen LogP contribution in [-0.4, -0.2) is 24.1 Å². The molecule has 0 atom stereocenters. The molecular formula is C11H14Na2O5S. The third-order valence-corrected chi connectivity index (χ3v) is 1.49. The van der Waals surface area contributed by atoms with Crippen molar-refractivity contribution in [2.45, 2.75) is 13.3 Å². The first kappa shape index (κ1) is 24.6. The van der Waals surface area contributed by atoms with Gasteiger partial charge in [0.15, 0.2) is 0 Å². The van der Waals surface area contributed by atoms with Crippen LogP contribution in [0.5, 0.6) is 5.75 Å². The fourth-order valence-electron chi connectivity index (χ4n) is 0.896. The molecule has 5 nitrogen and oxygen atoms in total. The van der Waals surface area contributed by atoms with Crippen LogP contribution in [0.25, 0.3) is 0 Å². The van der Waals surface area contributed by atoms with Gasteiger partial charge in [-0.15, -0.1) is 0 Å². The van der Waals surface area contributed by atoms with Crippen molar-refractivity contribution in [1.29, 1.82) is 0 Å². The second-order valence-corrected chi connectivity index (χ2v) is 3.73. The molecule has 0 saturated heterocycles. The SMILES string of the molecule is CCC=CCOc1ccccc1.O=S(=O)([O-])[O-].[Na+].[Na+]. The summed E-state index contributed by atoms with van der Waals surface area (Å²) in [6.07, 6.45) is 5.20. The summed E-state index contributed by atoms with van der Waals surface area (Å²) in [5.74, 6) is 0.929. The van der Waals surface area contributed by atoms with Crippen LogP contribution in [0, 0.1) is 0 Å². The Morgan fingerprint density at radius 3 is 2.00 bits per heavy atom. The predicted molar refractivity (Wildman–Crippen MR) is 61.8 cm³/mol. The fraction of sp³-hybridized carbons (Fsp3) is 0.273. The van der Waals surface area contributed by atoms with E-state index in [1.165, 1.54) is 0 Å². The second-order valence-electron chi connectivity index (χ2n) is 2.91. The van der Waals surface area contributed by atoms with E-state index in [0.29, 0.717) is 6.61 Å². The summed E-state index contributed by atoms with van der Waals surface area (Å²) in [5.41, 5.74) is 0. The third kappa shape index (κ3) is 24.1. The number of hydrogen-bond donors (Lipinski definition) is 0. The van der Waals surface area contributed by atoms with E-state index in [4.69, 9.17) is 22.3 Å². The molecule has 0 aliphatic carbocycles. The molecule has 0 radical (unpaired) electrons. The molecule has 0 amide bonds. The van der Waals surface area contributed by atoms with Crippen molar-refractivity contribution in [3.63, 3.8) is 0 Å². The minimum Gasteiger partial charge on any atom is -0.759 e. The Labute approximate surface area is 158 Å². The van der Waals surface area contributed by atoms with Crippen molar-refractivity contribution in [3.8, 4) is 5.75 Å². The first-order valence-corrected chi connectivity index (χ1v) is 6.26. The fourth-order valence-corrected chi connectivity index (χ4v) is 0.896. The molecule has 0 aliphatic rings. The van der Waals surface area contributed by atoms with E-state index in [9.17, 15) is 0 Å². The normalized spacial score (nSPS) is 9.63. The van der Waals surface area contributed by atoms with Crippen LogP contribution in [0.15, 0.2) is 42.5 Å². The van der Waals surface area contributed by atoms with Crippen LogP contribution in [0.2, 0.25) is 0 Å². The zero-order valence-corrected chi connectivity index (χ0v) is 16.2. The topological polar surface area (TPSA) is 89.5 Å². The average Bonchev–Trinajstić information content (AvgIpc) is 2.24. The molecule has 0 N–H and O–H groups in total. The molecule has 1 rings (SSSR count). The van der Waals surface area contributed by atoms with Gasteiger partial charge < -0.3 is 13.8 Å². The van der Waals surface area contributed by atoms with Crippen molar-refractivity contribution >= 4 is 10.4 Å². The Kier molecular flexibility index (Phi) is 19.5. The molecule has 0 aromatic heterocycles. The van der Waals surface area contributed by atoms with Crippen LogP contribution < -0.4 is 63.9 Å². The van der Waals surface area contributed by atoms with Crippen molar-refractivity contribution in [3.05, 3.63) is 42.5 Å². The van der Waals surface area contributed by atoms with Crippen LogP contribution in [0.1, 0.15) is 13.3 Å². The second kappa shape index (κ2) is 15.0. The molecule has 1 aromatic rings. The van der Waals surface area contributed by atoms with Crippen LogP contribution in [-0.2, 0) is 10.4 Å². The molecule has 0 saturated carbocycles. The van der Waals surface area contributed by atoms with Gasteiger partial charge in [-0.3, -0.25) is 8.42 Å². The van der Waals surface area contributed by atoms with Gasteiger partial charge in [0.2, 0.25) is 0 Å². The summed E-state index contributed by atoms with van der Waals surface area (Å²) in [7, 11) is -5.17. The molecule has 0 fully saturated rings. The van der Waals surface area contributed by atoms with Crippen molar-refractivity contribution < 1.29 is 81.4 Å². The molecule has 96 valence electrons. The van der Waals surface area contributed by atoms with Gasteiger partial charge in [-0.25, -0.2) is 0 Å². The smallest absolute Gasteiger partial charge is 0.759 e. The molecule has 19 heavy (non-hydrogen) atoms. The molecular weight excluding hydrogens is 290 g/mol. The Morgan fingerprint density at radius 1 is 1.11 bits per heavy atom. The summed E-state index contributed by atoms with van der Waals surface area (Å²) < 4.78 is 39.5. The molecule has 0 bridgehead atoms. The Balaban J connectivity index is -0.000000320. The molecule has 1 aromatic carbocycles. The van der Waals surface area contributed by atoms with Gasteiger partial charge in [0.05, 0.1) is 0 Å². The van der Waals surface area contributed by atoms with Gasteiger partial charge in [0.25, 0.3) is 0 Å².